The highest BCUT2D eigenvalue weighted by atomic mass is 35.5. The lowest BCUT2D eigenvalue weighted by Gasteiger charge is -2.17. The number of pyridine rings is 1. The van der Waals surface area contributed by atoms with E-state index in [1.807, 2.05) is 24.3 Å². The molecule has 9 nitrogen and oxygen atoms in total. The number of nitrogens with zero attached hydrogens (tertiary/aromatic N) is 5. The van der Waals surface area contributed by atoms with Gasteiger partial charge >= 0.3 is 6.18 Å². The number of alkyl halides is 3. The molecule has 3 aliphatic heterocycles. The van der Waals surface area contributed by atoms with Crippen molar-refractivity contribution in [3.05, 3.63) is 52.8 Å². The van der Waals surface area contributed by atoms with Gasteiger partial charge in [-0.1, -0.05) is 30.7 Å². The first-order valence-corrected chi connectivity index (χ1v) is 13.0. The Morgan fingerprint density at radius 2 is 1.90 bits per heavy atom. The van der Waals surface area contributed by atoms with E-state index >= 15 is 0 Å². The minimum absolute atomic E-state index is 0.0355. The molecule has 0 bridgehead atoms. The number of H-pyrrole nitrogens is 1. The standard InChI is InChI=1S/C26H24ClF3N6O3/c1-13-10-37-23-20(11-38-22(13)23)39-25-31-18-6-17(27)21(32-24(18)33-25)14-2-4-16(5-3-14)36-8-15-7-35(9-19(15)34-36)12-26(28,29)30/h2-6,8,13,20,22-23H,7,9-12H2,1H3,(H,31,32,33)/t13-,20-,22-,23-/m1/s1. The molecule has 4 aromatic rings. The van der Waals surface area contributed by atoms with Gasteiger partial charge in [0.05, 0.1) is 53.5 Å². The zero-order chi connectivity index (χ0) is 26.9. The highest BCUT2D eigenvalue weighted by Crippen LogP contribution is 2.34. The van der Waals surface area contributed by atoms with Crippen LogP contribution in [0, 0.1) is 5.92 Å². The Kier molecular flexibility index (Phi) is 5.85. The minimum Gasteiger partial charge on any atom is -0.456 e. The fourth-order valence-electron chi connectivity index (χ4n) is 5.54. The first kappa shape index (κ1) is 24.8. The Hall–Kier alpha value is -3.19. The van der Waals surface area contributed by atoms with Crippen LogP contribution >= 0.6 is 11.6 Å². The summed E-state index contributed by atoms with van der Waals surface area (Å²) in [4.78, 5) is 13.6. The van der Waals surface area contributed by atoms with E-state index in [1.165, 1.54) is 4.90 Å². The van der Waals surface area contributed by atoms with Crippen molar-refractivity contribution in [2.45, 2.75) is 44.5 Å². The van der Waals surface area contributed by atoms with E-state index in [0.717, 1.165) is 16.8 Å². The van der Waals surface area contributed by atoms with E-state index in [2.05, 4.69) is 27.0 Å². The van der Waals surface area contributed by atoms with Crippen molar-refractivity contribution in [1.82, 2.24) is 29.6 Å². The van der Waals surface area contributed by atoms with Crippen molar-refractivity contribution >= 4 is 22.8 Å². The molecular weight excluding hydrogens is 537 g/mol. The Balaban J connectivity index is 1.07. The summed E-state index contributed by atoms with van der Waals surface area (Å²) < 4.78 is 57.6. The van der Waals surface area contributed by atoms with Crippen molar-refractivity contribution in [2.24, 2.45) is 5.92 Å². The van der Waals surface area contributed by atoms with Crippen molar-refractivity contribution in [3.8, 4) is 23.0 Å². The summed E-state index contributed by atoms with van der Waals surface area (Å²) in [6.45, 7) is 2.65. The number of aromatic amines is 1. The van der Waals surface area contributed by atoms with E-state index in [4.69, 9.17) is 25.8 Å². The zero-order valence-electron chi connectivity index (χ0n) is 20.8. The molecule has 0 saturated carbocycles. The molecule has 1 aromatic carbocycles. The van der Waals surface area contributed by atoms with Gasteiger partial charge in [-0.05, 0) is 18.2 Å². The van der Waals surface area contributed by atoms with E-state index in [-0.39, 0.29) is 31.4 Å². The highest BCUT2D eigenvalue weighted by molar-refractivity contribution is 6.33. The smallest absolute Gasteiger partial charge is 0.401 e. The average molecular weight is 561 g/mol. The monoisotopic (exact) mass is 560 g/mol. The molecule has 204 valence electrons. The first-order valence-electron chi connectivity index (χ1n) is 12.6. The van der Waals surface area contributed by atoms with E-state index < -0.39 is 12.7 Å². The van der Waals surface area contributed by atoms with Gasteiger partial charge in [-0.15, -0.1) is 0 Å². The lowest BCUT2D eigenvalue weighted by Crippen LogP contribution is -2.33. The molecular formula is C26H24ClF3N6O3. The summed E-state index contributed by atoms with van der Waals surface area (Å²) in [5.74, 6) is 0.330. The van der Waals surface area contributed by atoms with Gasteiger partial charge in [0.2, 0.25) is 0 Å². The van der Waals surface area contributed by atoms with Crippen LogP contribution in [0.25, 0.3) is 28.1 Å². The number of hydrogen-bond acceptors (Lipinski definition) is 7. The number of nitrogens with one attached hydrogen (secondary N) is 1. The molecule has 0 radical (unpaired) electrons. The van der Waals surface area contributed by atoms with Crippen LogP contribution < -0.4 is 4.74 Å². The molecule has 0 amide bonds. The number of benzene rings is 1. The van der Waals surface area contributed by atoms with Crippen LogP contribution in [0.15, 0.2) is 36.5 Å². The lowest BCUT2D eigenvalue weighted by molar-refractivity contribution is -0.147. The number of rotatable bonds is 5. The van der Waals surface area contributed by atoms with Crippen LogP contribution in [0.3, 0.4) is 0 Å². The SMILES string of the molecule is C[C@@H]1CO[C@H]2[C@@H]1OC[C@H]2Oc1nc2nc(-c3ccc(-n4cc5c(n4)CN(CC(F)(F)F)C5)cc3)c(Cl)cc2[nH]1. The first-order chi connectivity index (χ1) is 18.7. The Morgan fingerprint density at radius 1 is 1.10 bits per heavy atom. The fraction of sp³-hybridized carbons (Fsp3) is 0.423. The molecule has 6 heterocycles. The van der Waals surface area contributed by atoms with Gasteiger partial charge in [0, 0.05) is 36.3 Å². The number of halogens is 4. The predicted octanol–water partition coefficient (Wildman–Crippen LogP) is 4.52. The van der Waals surface area contributed by atoms with E-state index in [0.29, 0.717) is 52.7 Å². The molecule has 1 N–H and O–H groups in total. The summed E-state index contributed by atoms with van der Waals surface area (Å²) in [6, 6.07) is 9.57. The van der Waals surface area contributed by atoms with Gasteiger partial charge in [0.25, 0.3) is 6.01 Å². The maximum absolute atomic E-state index is 12.7. The summed E-state index contributed by atoms with van der Waals surface area (Å²) in [7, 11) is 0. The maximum Gasteiger partial charge on any atom is 0.401 e. The van der Waals surface area contributed by atoms with Crippen molar-refractivity contribution in [2.75, 3.05) is 19.8 Å². The molecule has 39 heavy (non-hydrogen) atoms. The third kappa shape index (κ3) is 4.65. The van der Waals surface area contributed by atoms with Gasteiger partial charge in [0.1, 0.15) is 6.10 Å². The third-order valence-electron chi connectivity index (χ3n) is 7.38. The van der Waals surface area contributed by atoms with Gasteiger partial charge in [-0.25, -0.2) is 9.67 Å². The third-order valence-corrected chi connectivity index (χ3v) is 7.66. The Labute approximate surface area is 225 Å². The van der Waals surface area contributed by atoms with Gasteiger partial charge < -0.3 is 19.2 Å². The summed E-state index contributed by atoms with van der Waals surface area (Å²) >= 11 is 6.58. The summed E-state index contributed by atoms with van der Waals surface area (Å²) in [5.41, 5.74) is 4.70. The molecule has 2 fully saturated rings. The van der Waals surface area contributed by atoms with Gasteiger partial charge in [-0.3, -0.25) is 4.90 Å². The number of aromatic nitrogens is 5. The number of hydrogen-bond donors (Lipinski definition) is 1. The topological polar surface area (TPSA) is 90.3 Å². The van der Waals surface area contributed by atoms with Crippen molar-refractivity contribution in [1.29, 1.82) is 0 Å². The van der Waals surface area contributed by atoms with Crippen LogP contribution in [-0.2, 0) is 22.6 Å². The van der Waals surface area contributed by atoms with Crippen LogP contribution in [0.1, 0.15) is 18.2 Å². The zero-order valence-corrected chi connectivity index (χ0v) is 21.5. The van der Waals surface area contributed by atoms with Crippen molar-refractivity contribution in [3.63, 3.8) is 0 Å². The quantitative estimate of drug-likeness (QED) is 0.384. The maximum atomic E-state index is 12.7. The van der Waals surface area contributed by atoms with E-state index in [9.17, 15) is 13.2 Å². The van der Waals surface area contributed by atoms with E-state index in [1.54, 1.807) is 16.9 Å². The molecule has 4 atom stereocenters. The largest absolute Gasteiger partial charge is 0.456 e. The number of imidazole rings is 1. The molecule has 13 heteroatoms. The average Bonchev–Trinajstić information content (AvgIpc) is 3.67. The second-order valence-corrected chi connectivity index (χ2v) is 10.7. The summed E-state index contributed by atoms with van der Waals surface area (Å²) in [5, 5.41) is 4.94. The molecule has 2 saturated heterocycles. The molecule has 3 aliphatic rings. The Morgan fingerprint density at radius 3 is 2.67 bits per heavy atom. The van der Waals surface area contributed by atoms with Gasteiger partial charge in [0.15, 0.2) is 11.8 Å². The Bertz CT molecular complexity index is 1510. The van der Waals surface area contributed by atoms with Gasteiger partial charge in [-0.2, -0.15) is 23.3 Å². The van der Waals surface area contributed by atoms with Crippen molar-refractivity contribution < 1.29 is 27.4 Å². The molecule has 0 unspecified atom stereocenters. The molecule has 0 spiro atoms. The molecule has 0 aliphatic carbocycles. The second kappa shape index (κ2) is 9.19. The van der Waals surface area contributed by atoms with Crippen LogP contribution in [-0.4, -0.2) is 73.9 Å². The predicted molar refractivity (Wildman–Crippen MR) is 135 cm³/mol. The highest BCUT2D eigenvalue weighted by Gasteiger charge is 2.47. The molecule has 7 rings (SSSR count). The lowest BCUT2D eigenvalue weighted by atomic mass is 10.0. The normalized spacial score (nSPS) is 24.9. The summed E-state index contributed by atoms with van der Waals surface area (Å²) in [6.07, 6.45) is -2.78. The van der Waals surface area contributed by atoms with Crippen LogP contribution in [0.2, 0.25) is 5.02 Å². The van der Waals surface area contributed by atoms with Crippen LogP contribution in [0.4, 0.5) is 13.2 Å². The number of ether oxygens (including phenoxy) is 3. The minimum atomic E-state index is -4.23. The second-order valence-electron chi connectivity index (χ2n) is 10.3. The fourth-order valence-corrected chi connectivity index (χ4v) is 5.80. The molecule has 3 aromatic heterocycles. The van der Waals surface area contributed by atoms with Crippen LogP contribution in [0.5, 0.6) is 6.01 Å². The number of fused-ring (bicyclic) bond motifs is 3.